The normalized spacial score (nSPS) is 27.8. The van der Waals surface area contributed by atoms with Crippen LogP contribution in [0.1, 0.15) is 19.3 Å². The zero-order valence-electron chi connectivity index (χ0n) is 11.7. The Labute approximate surface area is 114 Å². The summed E-state index contributed by atoms with van der Waals surface area (Å²) in [6, 6.07) is 0.112. The lowest BCUT2D eigenvalue weighted by molar-refractivity contribution is -0.138. The fourth-order valence-corrected chi connectivity index (χ4v) is 2.80. The number of hydrogen-bond acceptors (Lipinski definition) is 5. The summed E-state index contributed by atoms with van der Waals surface area (Å²) in [6.45, 7) is 3.11. The smallest absolute Gasteiger partial charge is 0.246 e. The van der Waals surface area contributed by atoms with Gasteiger partial charge in [-0.2, -0.15) is 0 Å². The molecule has 19 heavy (non-hydrogen) atoms. The van der Waals surface area contributed by atoms with Gasteiger partial charge in [-0.3, -0.25) is 19.4 Å². The first-order valence-electron chi connectivity index (χ1n) is 6.90. The van der Waals surface area contributed by atoms with Crippen LogP contribution < -0.4 is 5.32 Å². The lowest BCUT2D eigenvalue weighted by atomic mass is 10.1. The maximum atomic E-state index is 12.1. The summed E-state index contributed by atoms with van der Waals surface area (Å²) in [7, 11) is 3.22. The first kappa shape index (κ1) is 14.4. The van der Waals surface area contributed by atoms with Crippen molar-refractivity contribution in [3.05, 3.63) is 0 Å². The van der Waals surface area contributed by atoms with Gasteiger partial charge in [0.2, 0.25) is 11.8 Å². The Balaban J connectivity index is 1.99. The van der Waals surface area contributed by atoms with Gasteiger partial charge in [-0.05, 0) is 19.4 Å². The second kappa shape index (κ2) is 6.45. The van der Waals surface area contributed by atoms with Gasteiger partial charge >= 0.3 is 0 Å². The van der Waals surface area contributed by atoms with Crippen LogP contribution in [0.5, 0.6) is 0 Å². The molecule has 0 aromatic heterocycles. The summed E-state index contributed by atoms with van der Waals surface area (Å²) in [6.07, 6.45) is 2.61. The number of likely N-dealkylation sites (N-methyl/N-ethyl adjacent to an activating group) is 1. The Kier molecular flexibility index (Phi) is 4.90. The van der Waals surface area contributed by atoms with Crippen molar-refractivity contribution in [1.82, 2.24) is 15.1 Å². The molecule has 0 saturated carbocycles. The molecule has 0 radical (unpaired) electrons. The molecule has 1 N–H and O–H groups in total. The molecule has 2 rings (SSSR count). The van der Waals surface area contributed by atoms with E-state index in [4.69, 9.17) is 4.74 Å². The molecule has 6 nitrogen and oxygen atoms in total. The minimum atomic E-state index is -0.310. The van der Waals surface area contributed by atoms with Gasteiger partial charge < -0.3 is 10.1 Å². The van der Waals surface area contributed by atoms with E-state index >= 15 is 0 Å². The number of nitrogens with zero attached hydrogens (tertiary/aromatic N) is 2. The number of amides is 2. The molecule has 6 heteroatoms. The summed E-state index contributed by atoms with van der Waals surface area (Å²) in [5, 5.41) is 3.43. The minimum absolute atomic E-state index is 0.0842. The molecule has 2 fully saturated rings. The number of ether oxygens (including phenoxy) is 1. The zero-order valence-corrected chi connectivity index (χ0v) is 11.7. The Bertz CT molecular complexity index is 342. The van der Waals surface area contributed by atoms with E-state index in [2.05, 4.69) is 10.2 Å². The maximum Gasteiger partial charge on any atom is 0.246 e. The van der Waals surface area contributed by atoms with Gasteiger partial charge in [0.1, 0.15) is 0 Å². The average molecular weight is 269 g/mol. The van der Waals surface area contributed by atoms with E-state index in [0.29, 0.717) is 25.6 Å². The van der Waals surface area contributed by atoms with Crippen molar-refractivity contribution in [1.29, 1.82) is 0 Å². The molecule has 2 amide bonds. The minimum Gasteiger partial charge on any atom is -0.383 e. The van der Waals surface area contributed by atoms with Gasteiger partial charge in [0, 0.05) is 33.3 Å². The van der Waals surface area contributed by atoms with Crippen LogP contribution in [-0.4, -0.2) is 74.1 Å². The third-order valence-electron chi connectivity index (χ3n) is 4.00. The van der Waals surface area contributed by atoms with E-state index in [1.54, 1.807) is 14.2 Å². The highest BCUT2D eigenvalue weighted by atomic mass is 16.5. The van der Waals surface area contributed by atoms with Gasteiger partial charge in [-0.15, -0.1) is 0 Å². The van der Waals surface area contributed by atoms with Crippen molar-refractivity contribution in [2.75, 3.05) is 40.4 Å². The fraction of sp³-hybridized carbons (Fsp3) is 0.846. The van der Waals surface area contributed by atoms with Gasteiger partial charge in [0.25, 0.3) is 0 Å². The fourth-order valence-electron chi connectivity index (χ4n) is 2.80. The SMILES string of the molecule is COCCN(CC1CCCN1)C1CC(=O)N(C)C1=O. The van der Waals surface area contributed by atoms with Crippen molar-refractivity contribution >= 4 is 11.8 Å². The molecule has 0 aliphatic carbocycles. The number of methoxy groups -OCH3 is 1. The number of rotatable bonds is 6. The highest BCUT2D eigenvalue weighted by Gasteiger charge is 2.40. The van der Waals surface area contributed by atoms with Crippen molar-refractivity contribution in [3.8, 4) is 0 Å². The lowest BCUT2D eigenvalue weighted by Gasteiger charge is -2.29. The lowest BCUT2D eigenvalue weighted by Crippen LogP contribution is -2.47. The van der Waals surface area contributed by atoms with Gasteiger partial charge in [-0.25, -0.2) is 0 Å². The van der Waals surface area contributed by atoms with Crippen LogP contribution in [0.2, 0.25) is 0 Å². The summed E-state index contributed by atoms with van der Waals surface area (Å²) in [4.78, 5) is 27.1. The molecular weight excluding hydrogens is 246 g/mol. The van der Waals surface area contributed by atoms with Gasteiger partial charge in [-0.1, -0.05) is 0 Å². The molecule has 0 bridgehead atoms. The van der Waals surface area contributed by atoms with Crippen molar-refractivity contribution in [2.45, 2.75) is 31.3 Å². The molecule has 0 spiro atoms. The van der Waals surface area contributed by atoms with Crippen LogP contribution in [0.25, 0.3) is 0 Å². The number of nitrogens with one attached hydrogen (secondary N) is 1. The topological polar surface area (TPSA) is 61.9 Å². The Morgan fingerprint density at radius 2 is 2.26 bits per heavy atom. The van der Waals surface area contributed by atoms with Crippen LogP contribution in [0.3, 0.4) is 0 Å². The van der Waals surface area contributed by atoms with E-state index in [-0.39, 0.29) is 17.9 Å². The molecule has 2 heterocycles. The second-order valence-electron chi connectivity index (χ2n) is 5.29. The van der Waals surface area contributed by atoms with E-state index in [1.165, 1.54) is 11.3 Å². The number of carbonyl (C=O) groups is 2. The molecule has 108 valence electrons. The zero-order chi connectivity index (χ0) is 13.8. The summed E-state index contributed by atoms with van der Waals surface area (Å²) < 4.78 is 5.11. The maximum absolute atomic E-state index is 12.1. The van der Waals surface area contributed by atoms with Crippen molar-refractivity contribution in [2.24, 2.45) is 0 Å². The molecule has 2 unspecified atom stereocenters. The Morgan fingerprint density at radius 3 is 2.79 bits per heavy atom. The highest BCUT2D eigenvalue weighted by Crippen LogP contribution is 2.19. The standard InChI is InChI=1S/C13H23N3O3/c1-15-12(17)8-11(13(15)18)16(6-7-19-2)9-10-4-3-5-14-10/h10-11,14H,3-9H2,1-2H3. The molecule has 2 saturated heterocycles. The predicted molar refractivity (Wildman–Crippen MR) is 70.7 cm³/mol. The van der Waals surface area contributed by atoms with Crippen LogP contribution >= 0.6 is 0 Å². The largest absolute Gasteiger partial charge is 0.383 e. The third kappa shape index (κ3) is 3.32. The average Bonchev–Trinajstić information content (AvgIpc) is 2.99. The molecule has 0 aromatic carbocycles. The molecule has 2 aliphatic rings. The van der Waals surface area contributed by atoms with Gasteiger partial charge in [0.15, 0.2) is 0 Å². The Morgan fingerprint density at radius 1 is 1.47 bits per heavy atom. The quantitative estimate of drug-likeness (QED) is 0.655. The first-order chi connectivity index (χ1) is 9.13. The molecular formula is C13H23N3O3. The summed E-state index contributed by atoms with van der Waals surface area (Å²) in [5.41, 5.74) is 0. The number of likely N-dealkylation sites (tertiary alicyclic amines) is 1. The predicted octanol–water partition coefficient (Wildman–Crippen LogP) is -0.556. The second-order valence-corrected chi connectivity index (χ2v) is 5.29. The van der Waals surface area contributed by atoms with E-state index in [0.717, 1.165) is 19.5 Å². The van der Waals surface area contributed by atoms with Crippen LogP contribution in [0.4, 0.5) is 0 Å². The highest BCUT2D eigenvalue weighted by molar-refractivity contribution is 6.05. The van der Waals surface area contributed by atoms with Crippen LogP contribution in [0.15, 0.2) is 0 Å². The van der Waals surface area contributed by atoms with Gasteiger partial charge in [0.05, 0.1) is 19.1 Å². The van der Waals surface area contributed by atoms with Crippen LogP contribution in [0, 0.1) is 0 Å². The number of imide groups is 1. The van der Waals surface area contributed by atoms with Crippen LogP contribution in [-0.2, 0) is 14.3 Å². The van der Waals surface area contributed by atoms with E-state index in [1.807, 2.05) is 0 Å². The number of carbonyl (C=O) groups excluding carboxylic acids is 2. The number of hydrogen-bond donors (Lipinski definition) is 1. The van der Waals surface area contributed by atoms with E-state index < -0.39 is 0 Å². The Hall–Kier alpha value is -0.980. The third-order valence-corrected chi connectivity index (χ3v) is 4.00. The monoisotopic (exact) mass is 269 g/mol. The molecule has 2 aliphatic heterocycles. The van der Waals surface area contributed by atoms with Crippen molar-refractivity contribution in [3.63, 3.8) is 0 Å². The molecule has 2 atom stereocenters. The molecule has 0 aromatic rings. The summed E-state index contributed by atoms with van der Waals surface area (Å²) >= 11 is 0. The van der Waals surface area contributed by atoms with E-state index in [9.17, 15) is 9.59 Å². The van der Waals surface area contributed by atoms with Crippen molar-refractivity contribution < 1.29 is 14.3 Å². The first-order valence-corrected chi connectivity index (χ1v) is 6.90. The summed E-state index contributed by atoms with van der Waals surface area (Å²) in [5.74, 6) is -0.170.